The summed E-state index contributed by atoms with van der Waals surface area (Å²) in [5, 5.41) is 0. The van der Waals surface area contributed by atoms with Gasteiger partial charge in [0.1, 0.15) is 0 Å². The predicted molar refractivity (Wildman–Crippen MR) is 85.3 cm³/mol. The summed E-state index contributed by atoms with van der Waals surface area (Å²) in [5.74, 6) is 1.11. The Hall–Kier alpha value is -2.82. The van der Waals surface area contributed by atoms with Crippen molar-refractivity contribution in [2.45, 2.75) is 0 Å². The standard InChI is InChI=1S/C17H16N2O3/c1-19(2)14-6-4-13(5-7-14)17(20)18-10-12-3-8-15-16(9-12)22-11-21-15/h3-10H,11H2,1-2H3. The molecule has 0 bridgehead atoms. The molecule has 0 aliphatic carbocycles. The molecule has 1 aliphatic heterocycles. The van der Waals surface area contributed by atoms with Crippen molar-refractivity contribution in [1.82, 2.24) is 0 Å². The van der Waals surface area contributed by atoms with Gasteiger partial charge in [0.25, 0.3) is 5.91 Å². The molecule has 0 atom stereocenters. The first-order valence-electron chi connectivity index (χ1n) is 6.89. The molecule has 112 valence electrons. The fourth-order valence-corrected chi connectivity index (χ4v) is 2.10. The Kier molecular flexibility index (Phi) is 3.78. The van der Waals surface area contributed by atoms with Crippen molar-refractivity contribution >= 4 is 17.8 Å². The average molecular weight is 296 g/mol. The Morgan fingerprint density at radius 2 is 1.82 bits per heavy atom. The highest BCUT2D eigenvalue weighted by atomic mass is 16.7. The molecule has 0 unspecified atom stereocenters. The van der Waals surface area contributed by atoms with Crippen molar-refractivity contribution in [3.8, 4) is 11.5 Å². The maximum Gasteiger partial charge on any atom is 0.276 e. The lowest BCUT2D eigenvalue weighted by molar-refractivity contribution is 0.100. The van der Waals surface area contributed by atoms with Crippen LogP contribution in [0.3, 0.4) is 0 Å². The van der Waals surface area contributed by atoms with E-state index in [2.05, 4.69) is 4.99 Å². The largest absolute Gasteiger partial charge is 0.454 e. The van der Waals surface area contributed by atoms with Gasteiger partial charge in [0.15, 0.2) is 11.5 Å². The fraction of sp³-hybridized carbons (Fsp3) is 0.176. The summed E-state index contributed by atoms with van der Waals surface area (Å²) in [6.07, 6.45) is 1.53. The summed E-state index contributed by atoms with van der Waals surface area (Å²) in [7, 11) is 3.91. The number of aliphatic imine (C=N–C) groups is 1. The van der Waals surface area contributed by atoms with Gasteiger partial charge in [-0.05, 0) is 48.0 Å². The van der Waals surface area contributed by atoms with Gasteiger partial charge >= 0.3 is 0 Å². The number of hydrogen-bond acceptors (Lipinski definition) is 4. The zero-order valence-electron chi connectivity index (χ0n) is 12.4. The first-order chi connectivity index (χ1) is 10.6. The number of ether oxygens (including phenoxy) is 2. The minimum absolute atomic E-state index is 0.229. The summed E-state index contributed by atoms with van der Waals surface area (Å²) in [4.78, 5) is 18.0. The van der Waals surface area contributed by atoms with E-state index in [9.17, 15) is 4.79 Å². The molecule has 2 aromatic carbocycles. The van der Waals surface area contributed by atoms with Gasteiger partial charge in [0, 0.05) is 31.6 Å². The number of nitrogens with zero attached hydrogens (tertiary/aromatic N) is 2. The first-order valence-corrected chi connectivity index (χ1v) is 6.89. The monoisotopic (exact) mass is 296 g/mol. The highest BCUT2D eigenvalue weighted by Gasteiger charge is 2.12. The van der Waals surface area contributed by atoms with Crippen molar-refractivity contribution in [2.75, 3.05) is 25.8 Å². The topological polar surface area (TPSA) is 51.1 Å². The summed E-state index contributed by atoms with van der Waals surface area (Å²) in [6.45, 7) is 0.229. The van der Waals surface area contributed by atoms with Crippen LogP contribution in [0.4, 0.5) is 5.69 Å². The van der Waals surface area contributed by atoms with Crippen molar-refractivity contribution in [2.24, 2.45) is 4.99 Å². The third kappa shape index (κ3) is 2.93. The maximum absolute atomic E-state index is 12.1. The van der Waals surface area contributed by atoms with Crippen LogP contribution in [0.15, 0.2) is 47.5 Å². The molecule has 0 radical (unpaired) electrons. The lowest BCUT2D eigenvalue weighted by Crippen LogP contribution is -2.08. The van der Waals surface area contributed by atoms with E-state index < -0.39 is 0 Å². The van der Waals surface area contributed by atoms with Gasteiger partial charge in [-0.1, -0.05) is 0 Å². The molecule has 0 spiro atoms. The van der Waals surface area contributed by atoms with Crippen LogP contribution in [-0.2, 0) is 0 Å². The molecule has 0 N–H and O–H groups in total. The van der Waals surface area contributed by atoms with Crippen LogP contribution < -0.4 is 14.4 Å². The molecule has 3 rings (SSSR count). The molecule has 5 heteroatoms. The zero-order chi connectivity index (χ0) is 15.5. The molecule has 0 saturated carbocycles. The van der Waals surface area contributed by atoms with E-state index >= 15 is 0 Å². The quantitative estimate of drug-likeness (QED) is 0.817. The molecule has 0 aromatic heterocycles. The summed E-state index contributed by atoms with van der Waals surface area (Å²) < 4.78 is 10.5. The third-order valence-electron chi connectivity index (χ3n) is 3.36. The normalized spacial score (nSPS) is 12.6. The van der Waals surface area contributed by atoms with E-state index in [0.717, 1.165) is 11.3 Å². The molecule has 1 heterocycles. The second-order valence-corrected chi connectivity index (χ2v) is 5.12. The molecule has 1 aliphatic rings. The van der Waals surface area contributed by atoms with Crippen LogP contribution >= 0.6 is 0 Å². The smallest absolute Gasteiger partial charge is 0.276 e. The molecule has 22 heavy (non-hydrogen) atoms. The third-order valence-corrected chi connectivity index (χ3v) is 3.36. The SMILES string of the molecule is CN(C)c1ccc(C(=O)N=Cc2ccc3c(c2)OCO3)cc1. The van der Waals surface area contributed by atoms with Gasteiger partial charge < -0.3 is 14.4 Å². The lowest BCUT2D eigenvalue weighted by Gasteiger charge is -2.11. The van der Waals surface area contributed by atoms with Crippen LogP contribution in [-0.4, -0.2) is 33.0 Å². The Morgan fingerprint density at radius 1 is 1.09 bits per heavy atom. The Bertz CT molecular complexity index is 721. The van der Waals surface area contributed by atoms with Gasteiger partial charge in [0.05, 0.1) is 0 Å². The number of rotatable bonds is 3. The van der Waals surface area contributed by atoms with Crippen LogP contribution in [0.5, 0.6) is 11.5 Å². The molecular weight excluding hydrogens is 280 g/mol. The fourth-order valence-electron chi connectivity index (χ4n) is 2.10. The number of fused-ring (bicyclic) bond motifs is 1. The number of anilines is 1. The van der Waals surface area contributed by atoms with Crippen LogP contribution in [0.25, 0.3) is 0 Å². The van der Waals surface area contributed by atoms with E-state index in [1.54, 1.807) is 24.3 Å². The number of hydrogen-bond donors (Lipinski definition) is 0. The summed E-state index contributed by atoms with van der Waals surface area (Å²) in [5.41, 5.74) is 2.39. The van der Waals surface area contributed by atoms with Gasteiger partial charge in [-0.2, -0.15) is 0 Å². The Labute approximate surface area is 128 Å². The van der Waals surface area contributed by atoms with Crippen LogP contribution in [0.1, 0.15) is 15.9 Å². The van der Waals surface area contributed by atoms with Gasteiger partial charge in [-0.25, -0.2) is 4.99 Å². The van der Waals surface area contributed by atoms with Crippen LogP contribution in [0, 0.1) is 0 Å². The molecule has 2 aromatic rings. The van der Waals surface area contributed by atoms with Crippen molar-refractivity contribution in [3.63, 3.8) is 0 Å². The van der Waals surface area contributed by atoms with Gasteiger partial charge in [0.2, 0.25) is 6.79 Å². The molecule has 5 nitrogen and oxygen atoms in total. The lowest BCUT2D eigenvalue weighted by atomic mass is 10.2. The number of benzene rings is 2. The number of amides is 1. The van der Waals surface area contributed by atoms with E-state index in [0.29, 0.717) is 17.1 Å². The average Bonchev–Trinajstić information content (AvgIpc) is 3.00. The summed E-state index contributed by atoms with van der Waals surface area (Å²) in [6, 6.07) is 12.8. The highest BCUT2D eigenvalue weighted by Crippen LogP contribution is 2.32. The van der Waals surface area contributed by atoms with E-state index in [1.807, 2.05) is 37.2 Å². The second kappa shape index (κ2) is 5.89. The Morgan fingerprint density at radius 3 is 2.55 bits per heavy atom. The molecule has 0 fully saturated rings. The van der Waals surface area contributed by atoms with E-state index in [4.69, 9.17) is 9.47 Å². The highest BCUT2D eigenvalue weighted by molar-refractivity contribution is 6.02. The van der Waals surface area contributed by atoms with Crippen LogP contribution in [0.2, 0.25) is 0 Å². The van der Waals surface area contributed by atoms with Crippen molar-refractivity contribution in [1.29, 1.82) is 0 Å². The number of carbonyl (C=O) groups is 1. The maximum atomic E-state index is 12.1. The van der Waals surface area contributed by atoms with E-state index in [1.165, 1.54) is 6.21 Å². The summed E-state index contributed by atoms with van der Waals surface area (Å²) >= 11 is 0. The van der Waals surface area contributed by atoms with Crippen molar-refractivity contribution < 1.29 is 14.3 Å². The second-order valence-electron chi connectivity index (χ2n) is 5.12. The first kappa shape index (κ1) is 14.1. The van der Waals surface area contributed by atoms with E-state index in [-0.39, 0.29) is 12.7 Å². The Balaban J connectivity index is 1.73. The van der Waals surface area contributed by atoms with Crippen molar-refractivity contribution in [3.05, 3.63) is 53.6 Å². The number of carbonyl (C=O) groups excluding carboxylic acids is 1. The minimum Gasteiger partial charge on any atom is -0.454 e. The molecule has 1 amide bonds. The van der Waals surface area contributed by atoms with Gasteiger partial charge in [-0.3, -0.25) is 4.79 Å². The minimum atomic E-state index is -0.275. The molecule has 0 saturated heterocycles. The zero-order valence-corrected chi connectivity index (χ0v) is 12.4. The molecular formula is C17H16N2O3. The predicted octanol–water partition coefficient (Wildman–Crippen LogP) is 2.74. The van der Waals surface area contributed by atoms with Gasteiger partial charge in [-0.15, -0.1) is 0 Å².